The molecule has 1 unspecified atom stereocenters. The fraction of sp³-hybridized carbons (Fsp3) is 0.700. The normalized spacial score (nSPS) is 22.2. The summed E-state index contributed by atoms with van der Waals surface area (Å²) in [6, 6.07) is 0. The molecule has 78 valence electrons. The van der Waals surface area contributed by atoms with E-state index in [1.54, 1.807) is 13.3 Å². The maximum absolute atomic E-state index is 5.09. The van der Waals surface area contributed by atoms with Gasteiger partial charge in [0.15, 0.2) is 5.75 Å². The van der Waals surface area contributed by atoms with Crippen molar-refractivity contribution in [2.24, 2.45) is 5.92 Å². The summed E-state index contributed by atoms with van der Waals surface area (Å²) in [6.45, 7) is 3.28. The van der Waals surface area contributed by atoms with Crippen LogP contribution in [0.15, 0.2) is 12.4 Å². The minimum absolute atomic E-state index is 0.716. The quantitative estimate of drug-likeness (QED) is 0.778. The lowest BCUT2D eigenvalue weighted by Gasteiger charge is -2.22. The van der Waals surface area contributed by atoms with E-state index in [1.165, 1.54) is 19.4 Å². The van der Waals surface area contributed by atoms with Gasteiger partial charge in [-0.05, 0) is 31.8 Å². The summed E-state index contributed by atoms with van der Waals surface area (Å²) in [7, 11) is 1.67. The van der Waals surface area contributed by atoms with E-state index in [2.05, 4.69) is 10.4 Å². The Morgan fingerprint density at radius 1 is 1.71 bits per heavy atom. The van der Waals surface area contributed by atoms with Crippen molar-refractivity contribution in [2.75, 3.05) is 20.2 Å². The first-order chi connectivity index (χ1) is 6.88. The SMILES string of the molecule is COc1cnn(CC2CCCNC2)c1. The molecular weight excluding hydrogens is 178 g/mol. The van der Waals surface area contributed by atoms with E-state index in [4.69, 9.17) is 4.74 Å². The molecule has 0 amide bonds. The van der Waals surface area contributed by atoms with Crippen LogP contribution in [0.3, 0.4) is 0 Å². The minimum atomic E-state index is 0.716. The molecule has 1 atom stereocenters. The topological polar surface area (TPSA) is 39.1 Å². The summed E-state index contributed by atoms with van der Waals surface area (Å²) in [5, 5.41) is 7.65. The Bertz CT molecular complexity index is 279. The highest BCUT2D eigenvalue weighted by atomic mass is 16.5. The number of nitrogens with one attached hydrogen (secondary N) is 1. The van der Waals surface area contributed by atoms with Gasteiger partial charge in [0.05, 0.1) is 19.5 Å². The Morgan fingerprint density at radius 3 is 3.29 bits per heavy atom. The van der Waals surface area contributed by atoms with E-state index in [9.17, 15) is 0 Å². The van der Waals surface area contributed by atoms with Crippen LogP contribution in [0.5, 0.6) is 5.75 Å². The maximum Gasteiger partial charge on any atom is 0.156 e. The number of piperidine rings is 1. The van der Waals surface area contributed by atoms with Gasteiger partial charge in [-0.3, -0.25) is 4.68 Å². The van der Waals surface area contributed by atoms with Gasteiger partial charge in [-0.1, -0.05) is 0 Å². The van der Waals surface area contributed by atoms with Gasteiger partial charge in [0.25, 0.3) is 0 Å². The molecule has 1 aromatic rings. The van der Waals surface area contributed by atoms with Crippen LogP contribution < -0.4 is 10.1 Å². The first-order valence-electron chi connectivity index (χ1n) is 5.15. The number of nitrogens with zero attached hydrogens (tertiary/aromatic N) is 2. The summed E-state index contributed by atoms with van der Waals surface area (Å²) < 4.78 is 7.05. The van der Waals surface area contributed by atoms with Crippen LogP contribution in [0, 0.1) is 5.92 Å². The number of ether oxygens (including phenoxy) is 1. The minimum Gasteiger partial charge on any atom is -0.493 e. The average Bonchev–Trinajstić information content (AvgIpc) is 2.67. The third kappa shape index (κ3) is 2.26. The van der Waals surface area contributed by atoms with Gasteiger partial charge in [-0.15, -0.1) is 0 Å². The molecule has 0 radical (unpaired) electrons. The lowest BCUT2D eigenvalue weighted by molar-refractivity contribution is 0.324. The van der Waals surface area contributed by atoms with Crippen molar-refractivity contribution < 1.29 is 4.74 Å². The van der Waals surface area contributed by atoms with Gasteiger partial charge in [0, 0.05) is 6.54 Å². The molecule has 2 rings (SSSR count). The highest BCUT2D eigenvalue weighted by Gasteiger charge is 2.13. The van der Waals surface area contributed by atoms with E-state index in [0.29, 0.717) is 5.92 Å². The van der Waals surface area contributed by atoms with Crippen LogP contribution in [0.25, 0.3) is 0 Å². The van der Waals surface area contributed by atoms with Crippen molar-refractivity contribution in [1.29, 1.82) is 0 Å². The molecule has 1 aromatic heterocycles. The lowest BCUT2D eigenvalue weighted by atomic mass is 10.00. The fourth-order valence-electron chi connectivity index (χ4n) is 1.89. The Morgan fingerprint density at radius 2 is 2.64 bits per heavy atom. The third-order valence-corrected chi connectivity index (χ3v) is 2.69. The maximum atomic E-state index is 5.09. The molecule has 1 aliphatic rings. The van der Waals surface area contributed by atoms with E-state index in [-0.39, 0.29) is 0 Å². The van der Waals surface area contributed by atoms with Gasteiger partial charge in [0.2, 0.25) is 0 Å². The van der Waals surface area contributed by atoms with Crippen molar-refractivity contribution in [2.45, 2.75) is 19.4 Å². The smallest absolute Gasteiger partial charge is 0.156 e. The molecule has 0 aromatic carbocycles. The van der Waals surface area contributed by atoms with Crippen molar-refractivity contribution in [3.63, 3.8) is 0 Å². The van der Waals surface area contributed by atoms with Crippen LogP contribution in [0.2, 0.25) is 0 Å². The number of rotatable bonds is 3. The van der Waals surface area contributed by atoms with E-state index in [1.807, 2.05) is 10.9 Å². The summed E-state index contributed by atoms with van der Waals surface area (Å²) in [4.78, 5) is 0. The van der Waals surface area contributed by atoms with Crippen LogP contribution in [0.4, 0.5) is 0 Å². The summed E-state index contributed by atoms with van der Waals surface area (Å²) in [5.74, 6) is 1.56. The molecule has 0 saturated carbocycles. The molecule has 0 aliphatic carbocycles. The predicted molar refractivity (Wildman–Crippen MR) is 54.4 cm³/mol. The van der Waals surface area contributed by atoms with Crippen molar-refractivity contribution in [3.8, 4) is 5.75 Å². The standard InChI is InChI=1S/C10H17N3O/c1-14-10-6-12-13(8-10)7-9-3-2-4-11-5-9/h6,8-9,11H,2-5,7H2,1H3. The average molecular weight is 195 g/mol. The second-order valence-corrected chi connectivity index (χ2v) is 3.81. The zero-order valence-corrected chi connectivity index (χ0v) is 8.57. The van der Waals surface area contributed by atoms with Crippen LogP contribution >= 0.6 is 0 Å². The van der Waals surface area contributed by atoms with Crippen LogP contribution in [0.1, 0.15) is 12.8 Å². The predicted octanol–water partition coefficient (Wildman–Crippen LogP) is 0.891. The number of aromatic nitrogens is 2. The molecule has 4 nitrogen and oxygen atoms in total. The van der Waals surface area contributed by atoms with Gasteiger partial charge >= 0.3 is 0 Å². The monoisotopic (exact) mass is 195 g/mol. The zero-order chi connectivity index (χ0) is 9.80. The van der Waals surface area contributed by atoms with Crippen molar-refractivity contribution >= 4 is 0 Å². The van der Waals surface area contributed by atoms with Crippen LogP contribution in [-0.4, -0.2) is 30.0 Å². The Labute approximate surface area is 84.3 Å². The molecule has 1 N–H and O–H groups in total. The Hall–Kier alpha value is -1.03. The molecule has 1 fully saturated rings. The van der Waals surface area contributed by atoms with Crippen LogP contribution in [-0.2, 0) is 6.54 Å². The van der Waals surface area contributed by atoms with Gasteiger partial charge in [-0.25, -0.2) is 0 Å². The van der Waals surface area contributed by atoms with Gasteiger partial charge in [0.1, 0.15) is 0 Å². The van der Waals surface area contributed by atoms with E-state index in [0.717, 1.165) is 18.8 Å². The van der Waals surface area contributed by atoms with Gasteiger partial charge in [-0.2, -0.15) is 5.10 Å². The molecule has 4 heteroatoms. The van der Waals surface area contributed by atoms with E-state index >= 15 is 0 Å². The molecule has 2 heterocycles. The van der Waals surface area contributed by atoms with Crippen molar-refractivity contribution in [1.82, 2.24) is 15.1 Å². The van der Waals surface area contributed by atoms with E-state index < -0.39 is 0 Å². The third-order valence-electron chi connectivity index (χ3n) is 2.69. The number of hydrogen-bond acceptors (Lipinski definition) is 3. The Balaban J connectivity index is 1.89. The highest BCUT2D eigenvalue weighted by molar-refractivity contribution is 5.11. The first-order valence-corrected chi connectivity index (χ1v) is 5.15. The second-order valence-electron chi connectivity index (χ2n) is 3.81. The molecule has 14 heavy (non-hydrogen) atoms. The number of methoxy groups -OCH3 is 1. The van der Waals surface area contributed by atoms with Gasteiger partial charge < -0.3 is 10.1 Å². The lowest BCUT2D eigenvalue weighted by Crippen LogP contribution is -2.32. The summed E-state index contributed by atoms with van der Waals surface area (Å²) in [5.41, 5.74) is 0. The Kier molecular flexibility index (Phi) is 3.03. The molecule has 1 aliphatic heterocycles. The zero-order valence-electron chi connectivity index (χ0n) is 8.57. The molecule has 0 bridgehead atoms. The molecular formula is C10H17N3O. The largest absolute Gasteiger partial charge is 0.493 e. The molecule has 0 spiro atoms. The number of hydrogen-bond donors (Lipinski definition) is 1. The fourth-order valence-corrected chi connectivity index (χ4v) is 1.89. The van der Waals surface area contributed by atoms with Crippen molar-refractivity contribution in [3.05, 3.63) is 12.4 Å². The summed E-state index contributed by atoms with van der Waals surface area (Å²) in [6.07, 6.45) is 6.29. The summed E-state index contributed by atoms with van der Waals surface area (Å²) >= 11 is 0. The molecule has 1 saturated heterocycles. The first kappa shape index (κ1) is 9.52. The highest BCUT2D eigenvalue weighted by Crippen LogP contribution is 2.14. The second kappa shape index (κ2) is 4.46.